The molecule has 116 valence electrons. The molecule has 1 atom stereocenters. The van der Waals surface area contributed by atoms with E-state index in [1.807, 2.05) is 12.2 Å². The van der Waals surface area contributed by atoms with Gasteiger partial charge < -0.3 is 0 Å². The van der Waals surface area contributed by atoms with Gasteiger partial charge in [0.15, 0.2) is 0 Å². The molecule has 0 amide bonds. The van der Waals surface area contributed by atoms with Crippen LogP contribution in [0.4, 0.5) is 0 Å². The third-order valence-electron chi connectivity index (χ3n) is 4.08. The first kappa shape index (κ1) is 17.4. The molecule has 0 radical (unpaired) electrons. The topological polar surface area (TPSA) is 54.4 Å². The number of unbranched alkanes of at least 4 members (excludes halogenated alkanes) is 7. The Balaban J connectivity index is 2.28. The van der Waals surface area contributed by atoms with E-state index >= 15 is 0 Å². The lowest BCUT2D eigenvalue weighted by molar-refractivity contribution is 0.426. The number of hydrogen-bond acceptors (Lipinski definition) is 2. The largest absolute Gasteiger partial charge is 0.285 e. The molecule has 0 bridgehead atoms. The molecule has 0 aromatic rings. The molecule has 1 aliphatic rings. The average Bonchev–Trinajstić information content (AvgIpc) is 2.42. The maximum atomic E-state index is 11.6. The number of rotatable bonds is 10. The molecule has 1 aliphatic carbocycles. The van der Waals surface area contributed by atoms with Crippen LogP contribution >= 0.6 is 0 Å². The Morgan fingerprint density at radius 2 is 1.60 bits per heavy atom. The molecule has 0 aliphatic heterocycles. The summed E-state index contributed by atoms with van der Waals surface area (Å²) < 4.78 is 31.6. The second-order valence-corrected chi connectivity index (χ2v) is 7.52. The Morgan fingerprint density at radius 3 is 2.10 bits per heavy atom. The van der Waals surface area contributed by atoms with Crippen LogP contribution in [0.15, 0.2) is 24.3 Å². The summed E-state index contributed by atoms with van der Waals surface area (Å²) in [5.74, 6) is 0. The highest BCUT2D eigenvalue weighted by atomic mass is 32.2. The normalized spacial score (nSPS) is 22.3. The molecular weight excluding hydrogens is 272 g/mol. The molecular formula is C16H28O3S. The van der Waals surface area contributed by atoms with E-state index < -0.39 is 14.9 Å². The highest BCUT2D eigenvalue weighted by Gasteiger charge is 2.39. The van der Waals surface area contributed by atoms with E-state index in [9.17, 15) is 13.0 Å². The van der Waals surface area contributed by atoms with E-state index in [4.69, 9.17) is 0 Å². The van der Waals surface area contributed by atoms with Gasteiger partial charge in [0.05, 0.1) is 0 Å². The Bertz CT molecular complexity index is 423. The molecule has 3 nitrogen and oxygen atoms in total. The summed E-state index contributed by atoms with van der Waals surface area (Å²) in [7, 11) is -4.03. The summed E-state index contributed by atoms with van der Waals surface area (Å²) in [4.78, 5) is 0. The van der Waals surface area contributed by atoms with Gasteiger partial charge in [-0.05, 0) is 12.8 Å². The third-order valence-corrected chi connectivity index (χ3v) is 5.61. The average molecular weight is 300 g/mol. The Hall–Kier alpha value is -0.610. The van der Waals surface area contributed by atoms with E-state index in [1.54, 1.807) is 12.2 Å². The van der Waals surface area contributed by atoms with Crippen LogP contribution in [0.3, 0.4) is 0 Å². The van der Waals surface area contributed by atoms with Gasteiger partial charge >= 0.3 is 0 Å². The Labute approximate surface area is 123 Å². The van der Waals surface area contributed by atoms with E-state index in [0.717, 1.165) is 19.3 Å². The van der Waals surface area contributed by atoms with Gasteiger partial charge in [0.2, 0.25) is 0 Å². The predicted molar refractivity (Wildman–Crippen MR) is 84.4 cm³/mol. The first-order valence-electron chi connectivity index (χ1n) is 7.83. The first-order chi connectivity index (χ1) is 9.52. The molecule has 0 aromatic carbocycles. The van der Waals surface area contributed by atoms with Gasteiger partial charge in [0.1, 0.15) is 4.75 Å². The molecule has 20 heavy (non-hydrogen) atoms. The molecule has 1 N–H and O–H groups in total. The van der Waals surface area contributed by atoms with Crippen LogP contribution < -0.4 is 0 Å². The standard InChI is InChI=1S/C16H28O3S/c1-2-3-4-5-6-7-8-10-13-16(20(17,18)19)14-11-9-12-15-16/h9,11-12,14H,2-8,10,13,15H2,1H3,(H,17,18,19). The van der Waals surface area contributed by atoms with Crippen LogP contribution in [-0.2, 0) is 10.1 Å². The molecule has 0 fully saturated rings. The van der Waals surface area contributed by atoms with Gasteiger partial charge in [0.25, 0.3) is 10.1 Å². The summed E-state index contributed by atoms with van der Waals surface area (Å²) >= 11 is 0. The van der Waals surface area contributed by atoms with Gasteiger partial charge in [-0.2, -0.15) is 8.42 Å². The van der Waals surface area contributed by atoms with Gasteiger partial charge in [-0.1, -0.05) is 82.6 Å². The van der Waals surface area contributed by atoms with E-state index in [-0.39, 0.29) is 0 Å². The molecule has 1 unspecified atom stereocenters. The van der Waals surface area contributed by atoms with Crippen molar-refractivity contribution in [3.05, 3.63) is 24.3 Å². The zero-order valence-corrected chi connectivity index (χ0v) is 13.4. The lowest BCUT2D eigenvalue weighted by Gasteiger charge is -2.27. The highest BCUT2D eigenvalue weighted by molar-refractivity contribution is 7.87. The van der Waals surface area contributed by atoms with Crippen LogP contribution in [0.1, 0.15) is 71.1 Å². The smallest absolute Gasteiger partial charge is 0.274 e. The van der Waals surface area contributed by atoms with E-state index in [0.29, 0.717) is 12.8 Å². The first-order valence-corrected chi connectivity index (χ1v) is 9.27. The van der Waals surface area contributed by atoms with Crippen molar-refractivity contribution in [2.75, 3.05) is 0 Å². The maximum absolute atomic E-state index is 11.6. The molecule has 0 saturated carbocycles. The van der Waals surface area contributed by atoms with Crippen molar-refractivity contribution in [3.63, 3.8) is 0 Å². The van der Waals surface area contributed by atoms with Crippen LogP contribution in [0.5, 0.6) is 0 Å². The number of hydrogen-bond donors (Lipinski definition) is 1. The second-order valence-electron chi connectivity index (χ2n) is 5.76. The quantitative estimate of drug-likeness (QED) is 0.471. The summed E-state index contributed by atoms with van der Waals surface area (Å²) in [6.45, 7) is 2.21. The highest BCUT2D eigenvalue weighted by Crippen LogP contribution is 2.32. The minimum Gasteiger partial charge on any atom is -0.285 e. The fraction of sp³-hybridized carbons (Fsp3) is 0.750. The van der Waals surface area contributed by atoms with Crippen LogP contribution in [0, 0.1) is 0 Å². The van der Waals surface area contributed by atoms with Crippen LogP contribution in [0.25, 0.3) is 0 Å². The fourth-order valence-corrected chi connectivity index (χ4v) is 3.67. The molecule has 0 heterocycles. The number of allylic oxidation sites excluding steroid dienone is 3. The summed E-state index contributed by atoms with van der Waals surface area (Å²) in [5.41, 5.74) is 0. The molecule has 1 rings (SSSR count). The van der Waals surface area contributed by atoms with Crippen molar-refractivity contribution in [1.82, 2.24) is 0 Å². The molecule has 0 aromatic heterocycles. The van der Waals surface area contributed by atoms with Crippen molar-refractivity contribution in [2.24, 2.45) is 0 Å². The van der Waals surface area contributed by atoms with Gasteiger partial charge in [0, 0.05) is 0 Å². The Kier molecular flexibility index (Phi) is 7.52. The third kappa shape index (κ3) is 5.41. The molecule has 0 saturated heterocycles. The lowest BCUT2D eigenvalue weighted by Crippen LogP contribution is -2.36. The lowest BCUT2D eigenvalue weighted by atomic mass is 9.93. The van der Waals surface area contributed by atoms with E-state index in [1.165, 1.54) is 32.1 Å². The SMILES string of the molecule is CCCCCCCCCCC1(S(=O)(=O)O)C=CC=CC1. The van der Waals surface area contributed by atoms with E-state index in [2.05, 4.69) is 6.92 Å². The molecule has 4 heteroatoms. The van der Waals surface area contributed by atoms with Crippen molar-refractivity contribution < 1.29 is 13.0 Å². The molecule has 0 spiro atoms. The predicted octanol–water partition coefficient (Wildman–Crippen LogP) is 4.66. The van der Waals surface area contributed by atoms with Crippen molar-refractivity contribution in [2.45, 2.75) is 75.9 Å². The van der Waals surface area contributed by atoms with Gasteiger partial charge in [-0.15, -0.1) is 0 Å². The fourth-order valence-electron chi connectivity index (χ4n) is 2.71. The second kappa shape index (κ2) is 8.63. The zero-order valence-electron chi connectivity index (χ0n) is 12.6. The minimum atomic E-state index is -4.03. The zero-order chi connectivity index (χ0) is 14.9. The van der Waals surface area contributed by atoms with Crippen molar-refractivity contribution in [3.8, 4) is 0 Å². The monoisotopic (exact) mass is 300 g/mol. The minimum absolute atomic E-state index is 0.388. The Morgan fingerprint density at radius 1 is 1.00 bits per heavy atom. The summed E-state index contributed by atoms with van der Waals surface area (Å²) in [6, 6.07) is 0. The van der Waals surface area contributed by atoms with Crippen LogP contribution in [-0.4, -0.2) is 17.7 Å². The van der Waals surface area contributed by atoms with Crippen molar-refractivity contribution >= 4 is 10.1 Å². The van der Waals surface area contributed by atoms with Crippen LogP contribution in [0.2, 0.25) is 0 Å². The maximum Gasteiger partial charge on any atom is 0.274 e. The van der Waals surface area contributed by atoms with Gasteiger partial charge in [-0.3, -0.25) is 4.55 Å². The summed E-state index contributed by atoms with van der Waals surface area (Å²) in [5, 5.41) is 0. The van der Waals surface area contributed by atoms with Crippen molar-refractivity contribution in [1.29, 1.82) is 0 Å². The summed E-state index contributed by atoms with van der Waals surface area (Å²) in [6.07, 6.45) is 17.4. The van der Waals surface area contributed by atoms with Gasteiger partial charge in [-0.25, -0.2) is 0 Å².